The Bertz CT molecular complexity index is 642. The number of benzene rings is 2. The summed E-state index contributed by atoms with van der Waals surface area (Å²) in [5.41, 5.74) is 1.55. The molecule has 2 aromatic rings. The van der Waals surface area contributed by atoms with Crippen LogP contribution in [0.2, 0.25) is 10.0 Å². The molecule has 0 fully saturated rings. The predicted octanol–water partition coefficient (Wildman–Crippen LogP) is 4.67. The topological polar surface area (TPSA) is 38.3 Å². The number of ether oxygens (including phenoxy) is 1. The van der Waals surface area contributed by atoms with Crippen molar-refractivity contribution in [1.82, 2.24) is 5.32 Å². The minimum Gasteiger partial charge on any atom is -0.497 e. The Morgan fingerprint density at radius 1 is 1.13 bits per heavy atom. The van der Waals surface area contributed by atoms with E-state index in [4.69, 9.17) is 27.9 Å². The highest BCUT2D eigenvalue weighted by molar-refractivity contribution is 7.98. The summed E-state index contributed by atoms with van der Waals surface area (Å²) < 4.78 is 5.12. The van der Waals surface area contributed by atoms with E-state index < -0.39 is 0 Å². The van der Waals surface area contributed by atoms with E-state index in [2.05, 4.69) is 5.32 Å². The van der Waals surface area contributed by atoms with Gasteiger partial charge in [0.25, 0.3) is 5.91 Å². The van der Waals surface area contributed by atoms with E-state index in [1.54, 1.807) is 37.1 Å². The van der Waals surface area contributed by atoms with Crippen molar-refractivity contribution in [2.75, 3.05) is 19.4 Å². The summed E-state index contributed by atoms with van der Waals surface area (Å²) in [6, 6.07) is 13.0. The molecule has 0 aliphatic rings. The molecule has 0 spiro atoms. The van der Waals surface area contributed by atoms with E-state index in [9.17, 15) is 4.79 Å². The van der Waals surface area contributed by atoms with Crippen molar-refractivity contribution in [2.45, 2.75) is 5.75 Å². The van der Waals surface area contributed by atoms with Crippen LogP contribution in [0.3, 0.4) is 0 Å². The second kappa shape index (κ2) is 9.06. The van der Waals surface area contributed by atoms with Crippen LogP contribution in [0.15, 0.2) is 42.5 Å². The van der Waals surface area contributed by atoms with Gasteiger partial charge in [0.1, 0.15) is 5.75 Å². The number of nitrogens with one attached hydrogen (secondary N) is 1. The van der Waals surface area contributed by atoms with Gasteiger partial charge < -0.3 is 10.1 Å². The summed E-state index contributed by atoms with van der Waals surface area (Å²) in [6.45, 7) is 0.557. The van der Waals surface area contributed by atoms with Crippen molar-refractivity contribution in [3.05, 3.63) is 63.6 Å². The van der Waals surface area contributed by atoms with E-state index in [1.807, 2.05) is 24.3 Å². The van der Waals surface area contributed by atoms with Crippen molar-refractivity contribution in [2.24, 2.45) is 0 Å². The molecule has 1 N–H and O–H groups in total. The Morgan fingerprint density at radius 3 is 2.39 bits per heavy atom. The fraction of sp³-hybridized carbons (Fsp3) is 0.235. The molecule has 122 valence electrons. The van der Waals surface area contributed by atoms with Crippen LogP contribution in [0.1, 0.15) is 15.9 Å². The maximum absolute atomic E-state index is 12.1. The monoisotopic (exact) mass is 369 g/mol. The number of carbonyl (C=O) groups excluding carboxylic acids is 1. The SMILES string of the molecule is COc1ccc(CSCCNC(=O)c2c(Cl)cccc2Cl)cc1. The Balaban J connectivity index is 1.73. The molecular formula is C17H17Cl2NO2S. The van der Waals surface area contributed by atoms with Crippen molar-refractivity contribution in [3.8, 4) is 5.75 Å². The molecule has 0 atom stereocenters. The third-order valence-corrected chi connectivity index (χ3v) is 4.81. The highest BCUT2D eigenvalue weighted by Crippen LogP contribution is 2.24. The zero-order chi connectivity index (χ0) is 16.7. The molecule has 6 heteroatoms. The van der Waals surface area contributed by atoms with Crippen LogP contribution in [-0.4, -0.2) is 25.3 Å². The predicted molar refractivity (Wildman–Crippen MR) is 98.0 cm³/mol. The summed E-state index contributed by atoms with van der Waals surface area (Å²) in [5, 5.41) is 3.56. The van der Waals surface area contributed by atoms with Crippen molar-refractivity contribution in [1.29, 1.82) is 0 Å². The average molecular weight is 370 g/mol. The number of halogens is 2. The van der Waals surface area contributed by atoms with Gasteiger partial charge in [0.05, 0.1) is 22.7 Å². The van der Waals surface area contributed by atoms with E-state index in [0.717, 1.165) is 17.3 Å². The number of methoxy groups -OCH3 is 1. The second-order valence-electron chi connectivity index (χ2n) is 4.75. The molecule has 0 unspecified atom stereocenters. The molecule has 0 saturated carbocycles. The second-order valence-corrected chi connectivity index (χ2v) is 6.67. The molecule has 1 amide bonds. The Kier molecular flexibility index (Phi) is 7.09. The van der Waals surface area contributed by atoms with E-state index in [0.29, 0.717) is 22.2 Å². The van der Waals surface area contributed by atoms with Crippen LogP contribution in [0.25, 0.3) is 0 Å². The van der Waals surface area contributed by atoms with Crippen LogP contribution in [0.4, 0.5) is 0 Å². The van der Waals surface area contributed by atoms with Gasteiger partial charge >= 0.3 is 0 Å². The fourth-order valence-corrected chi connectivity index (χ4v) is 3.34. The van der Waals surface area contributed by atoms with E-state index in [1.165, 1.54) is 5.56 Å². The van der Waals surface area contributed by atoms with E-state index >= 15 is 0 Å². The lowest BCUT2D eigenvalue weighted by molar-refractivity contribution is 0.0956. The third-order valence-electron chi connectivity index (χ3n) is 3.15. The molecule has 0 bridgehead atoms. The quantitative estimate of drug-likeness (QED) is 0.720. The smallest absolute Gasteiger partial charge is 0.254 e. The number of hydrogen-bond donors (Lipinski definition) is 1. The van der Waals surface area contributed by atoms with Crippen LogP contribution in [-0.2, 0) is 5.75 Å². The maximum Gasteiger partial charge on any atom is 0.254 e. The van der Waals surface area contributed by atoms with E-state index in [-0.39, 0.29) is 5.91 Å². The zero-order valence-corrected chi connectivity index (χ0v) is 15.0. The summed E-state index contributed by atoms with van der Waals surface area (Å²) in [7, 11) is 1.65. The largest absolute Gasteiger partial charge is 0.497 e. The summed E-state index contributed by atoms with van der Waals surface area (Å²) in [5.74, 6) is 2.29. The van der Waals surface area contributed by atoms with Crippen molar-refractivity contribution < 1.29 is 9.53 Å². The average Bonchev–Trinajstić information content (AvgIpc) is 2.55. The van der Waals surface area contributed by atoms with Gasteiger partial charge in [0.2, 0.25) is 0 Å². The minimum atomic E-state index is -0.245. The Hall–Kier alpha value is -1.36. The lowest BCUT2D eigenvalue weighted by Crippen LogP contribution is -2.26. The molecule has 0 aromatic heterocycles. The van der Waals surface area contributed by atoms with Crippen LogP contribution < -0.4 is 10.1 Å². The molecular weight excluding hydrogens is 353 g/mol. The van der Waals surface area contributed by atoms with Gasteiger partial charge in [-0.15, -0.1) is 0 Å². The highest BCUT2D eigenvalue weighted by Gasteiger charge is 2.13. The van der Waals surface area contributed by atoms with Gasteiger partial charge in [-0.05, 0) is 29.8 Å². The number of amides is 1. The summed E-state index contributed by atoms with van der Waals surface area (Å²) >= 11 is 13.8. The first-order valence-corrected chi connectivity index (χ1v) is 8.95. The molecule has 23 heavy (non-hydrogen) atoms. The standard InChI is InChI=1S/C17H17Cl2NO2S/c1-22-13-7-5-12(6-8-13)11-23-10-9-20-17(21)16-14(18)3-2-4-15(16)19/h2-8H,9-11H2,1H3,(H,20,21). The van der Waals surface area contributed by atoms with Crippen LogP contribution >= 0.6 is 35.0 Å². The van der Waals surface area contributed by atoms with Gasteiger partial charge in [-0.3, -0.25) is 4.79 Å². The first kappa shape index (κ1) is 18.0. The zero-order valence-electron chi connectivity index (χ0n) is 12.6. The fourth-order valence-electron chi connectivity index (χ4n) is 1.95. The molecule has 0 saturated heterocycles. The van der Waals surface area contributed by atoms with Crippen LogP contribution in [0.5, 0.6) is 5.75 Å². The Morgan fingerprint density at radius 2 is 1.78 bits per heavy atom. The number of thioether (sulfide) groups is 1. The Labute approximate surface area is 150 Å². The molecule has 3 nitrogen and oxygen atoms in total. The first-order valence-electron chi connectivity index (χ1n) is 7.04. The molecule has 0 heterocycles. The summed E-state index contributed by atoms with van der Waals surface area (Å²) in [6.07, 6.45) is 0. The molecule has 2 rings (SSSR count). The molecule has 0 radical (unpaired) electrons. The van der Waals surface area contributed by atoms with Gasteiger partial charge in [0, 0.05) is 18.1 Å². The molecule has 2 aromatic carbocycles. The van der Waals surface area contributed by atoms with Gasteiger partial charge in [0.15, 0.2) is 0 Å². The number of hydrogen-bond acceptors (Lipinski definition) is 3. The maximum atomic E-state index is 12.1. The van der Waals surface area contributed by atoms with Crippen molar-refractivity contribution in [3.63, 3.8) is 0 Å². The van der Waals surface area contributed by atoms with Gasteiger partial charge in [-0.1, -0.05) is 41.4 Å². The van der Waals surface area contributed by atoms with Gasteiger partial charge in [-0.25, -0.2) is 0 Å². The number of carbonyl (C=O) groups is 1. The molecule has 0 aliphatic carbocycles. The van der Waals surface area contributed by atoms with Crippen molar-refractivity contribution >= 4 is 40.9 Å². The summed E-state index contributed by atoms with van der Waals surface area (Å²) in [4.78, 5) is 12.1. The highest BCUT2D eigenvalue weighted by atomic mass is 35.5. The normalized spacial score (nSPS) is 10.4. The minimum absolute atomic E-state index is 0.245. The van der Waals surface area contributed by atoms with Gasteiger partial charge in [-0.2, -0.15) is 11.8 Å². The van der Waals surface area contributed by atoms with Crippen LogP contribution in [0, 0.1) is 0 Å². The number of rotatable bonds is 7. The molecule has 0 aliphatic heterocycles. The lowest BCUT2D eigenvalue weighted by atomic mass is 10.2. The third kappa shape index (κ3) is 5.34. The lowest BCUT2D eigenvalue weighted by Gasteiger charge is -2.08. The first-order chi connectivity index (χ1) is 11.1.